The third kappa shape index (κ3) is 10.9. The highest BCUT2D eigenvalue weighted by Gasteiger charge is 2.41. The topological polar surface area (TPSA) is 47.9 Å². The van der Waals surface area contributed by atoms with Gasteiger partial charge in [0.25, 0.3) is 0 Å². The van der Waals surface area contributed by atoms with Crippen molar-refractivity contribution in [1.82, 2.24) is 0 Å². The van der Waals surface area contributed by atoms with E-state index in [1.807, 2.05) is 19.9 Å². The van der Waals surface area contributed by atoms with Crippen molar-refractivity contribution in [1.29, 1.82) is 0 Å². The highest BCUT2D eigenvalue weighted by Crippen LogP contribution is 2.49. The summed E-state index contributed by atoms with van der Waals surface area (Å²) in [6.45, 7) is 18.6. The molecule has 1 aromatic carbocycles. The Morgan fingerprint density at radius 1 is 1.20 bits per heavy atom. The number of hydrogen-bond acceptors (Lipinski definition) is 4. The fourth-order valence-corrected chi connectivity index (χ4v) is 4.89. The molecule has 1 saturated carbocycles. The van der Waals surface area contributed by atoms with Gasteiger partial charge in [-0.25, -0.2) is 9.38 Å². The molecule has 0 spiro atoms. The number of ketones is 1. The zero-order valence-electron chi connectivity index (χ0n) is 25.8. The molecule has 1 aliphatic carbocycles. The molecule has 0 N–H and O–H groups in total. The van der Waals surface area contributed by atoms with Crippen molar-refractivity contribution in [2.75, 3.05) is 6.61 Å². The lowest BCUT2D eigenvalue weighted by molar-refractivity contribution is -0.115. The molecular weight excluding hydrogens is 501 g/mol. The molecule has 0 radical (unpaired) electrons. The summed E-state index contributed by atoms with van der Waals surface area (Å²) in [5.74, 6) is 3.05. The number of benzene rings is 1. The van der Waals surface area contributed by atoms with Crippen LogP contribution in [0.1, 0.15) is 92.6 Å². The van der Waals surface area contributed by atoms with Crippen LogP contribution in [0.5, 0.6) is 5.75 Å². The van der Waals surface area contributed by atoms with Gasteiger partial charge in [0.1, 0.15) is 11.6 Å². The molecule has 0 bridgehead atoms. The first-order chi connectivity index (χ1) is 19.1. The predicted octanol–water partition coefficient (Wildman–Crippen LogP) is 9.57. The molecule has 1 aromatic rings. The van der Waals surface area contributed by atoms with Gasteiger partial charge in [0.15, 0.2) is 5.78 Å². The zero-order valence-corrected chi connectivity index (χ0v) is 25.8. The average molecular weight is 552 g/mol. The van der Waals surface area contributed by atoms with Crippen LogP contribution in [0.4, 0.5) is 4.39 Å². The normalized spacial score (nSPS) is 18.8. The maximum atomic E-state index is 14.5. The van der Waals surface area contributed by atoms with E-state index in [0.717, 1.165) is 36.5 Å². The summed E-state index contributed by atoms with van der Waals surface area (Å²) in [4.78, 5) is 16.7. The lowest BCUT2D eigenvalue weighted by Crippen LogP contribution is -2.08. The van der Waals surface area contributed by atoms with Crippen LogP contribution in [0.15, 0.2) is 71.1 Å². The van der Waals surface area contributed by atoms with Gasteiger partial charge in [-0.3, -0.25) is 4.79 Å². The molecule has 2 rings (SSSR count). The highest BCUT2D eigenvalue weighted by atomic mass is 19.1. The van der Waals surface area contributed by atoms with Crippen molar-refractivity contribution in [3.63, 3.8) is 0 Å². The molecule has 3 unspecified atom stereocenters. The minimum Gasteiger partial charge on any atom is -0.493 e. The fourth-order valence-electron chi connectivity index (χ4n) is 4.89. The van der Waals surface area contributed by atoms with Crippen molar-refractivity contribution in [2.45, 2.75) is 93.4 Å². The lowest BCUT2D eigenvalue weighted by Gasteiger charge is -2.16. The van der Waals surface area contributed by atoms with E-state index in [4.69, 9.17) is 9.47 Å². The molecule has 220 valence electrons. The number of nitrogens with zero attached hydrogens (tertiary/aromatic N) is 1. The van der Waals surface area contributed by atoms with Gasteiger partial charge >= 0.3 is 0 Å². The van der Waals surface area contributed by atoms with Gasteiger partial charge in [-0.2, -0.15) is 0 Å². The van der Waals surface area contributed by atoms with Crippen molar-refractivity contribution in [2.24, 2.45) is 28.7 Å². The van der Waals surface area contributed by atoms with E-state index in [1.54, 1.807) is 31.4 Å². The summed E-state index contributed by atoms with van der Waals surface area (Å²) in [6, 6.07) is 4.83. The van der Waals surface area contributed by atoms with Crippen LogP contribution in [0, 0.1) is 29.5 Å². The first-order valence-electron chi connectivity index (χ1n) is 14.9. The Morgan fingerprint density at radius 3 is 2.58 bits per heavy atom. The smallest absolute Gasteiger partial charge is 0.221 e. The Bertz CT molecular complexity index is 1110. The molecule has 1 aliphatic rings. The van der Waals surface area contributed by atoms with Crippen LogP contribution in [0.25, 0.3) is 0 Å². The number of rotatable bonds is 17. The van der Waals surface area contributed by atoms with Crippen LogP contribution in [-0.4, -0.2) is 18.3 Å². The van der Waals surface area contributed by atoms with E-state index in [-0.39, 0.29) is 23.9 Å². The van der Waals surface area contributed by atoms with E-state index < -0.39 is 0 Å². The highest BCUT2D eigenvalue weighted by molar-refractivity contribution is 5.96. The fraction of sp³-hybridized carbons (Fsp3) is 0.543. The third-order valence-corrected chi connectivity index (χ3v) is 7.80. The summed E-state index contributed by atoms with van der Waals surface area (Å²) >= 11 is 0. The van der Waals surface area contributed by atoms with Crippen molar-refractivity contribution >= 4 is 11.7 Å². The van der Waals surface area contributed by atoms with Gasteiger partial charge < -0.3 is 9.47 Å². The second kappa shape index (κ2) is 17.0. The van der Waals surface area contributed by atoms with E-state index >= 15 is 0 Å². The summed E-state index contributed by atoms with van der Waals surface area (Å²) in [5, 5.41) is 0. The number of hydrogen-bond donors (Lipinski definition) is 0. The van der Waals surface area contributed by atoms with Crippen LogP contribution >= 0.6 is 0 Å². The number of Topliss-reactive ketones (excluding diaryl/α,β-unsaturated/α-hetero) is 1. The second-order valence-corrected chi connectivity index (χ2v) is 11.3. The van der Waals surface area contributed by atoms with Gasteiger partial charge in [0, 0.05) is 23.8 Å². The minimum absolute atomic E-state index is 0.0605. The van der Waals surface area contributed by atoms with E-state index in [0.29, 0.717) is 41.2 Å². The van der Waals surface area contributed by atoms with Crippen LogP contribution in [0.2, 0.25) is 0 Å². The summed E-state index contributed by atoms with van der Waals surface area (Å²) < 4.78 is 26.2. The van der Waals surface area contributed by atoms with Gasteiger partial charge in [-0.1, -0.05) is 64.5 Å². The number of carbonyl (C=O) groups is 1. The van der Waals surface area contributed by atoms with Crippen molar-refractivity contribution < 1.29 is 18.7 Å². The molecular formula is C35H50FNO3. The van der Waals surface area contributed by atoms with E-state index in [9.17, 15) is 9.18 Å². The number of ether oxygens (including phenoxy) is 2. The molecule has 0 amide bonds. The molecule has 0 saturated heterocycles. The Balaban J connectivity index is 1.86. The molecule has 0 aliphatic heterocycles. The Labute approximate surface area is 242 Å². The molecule has 3 atom stereocenters. The summed E-state index contributed by atoms with van der Waals surface area (Å²) in [5.41, 5.74) is 2.91. The SMILES string of the molecule is C=C(N=C(OC=CC)C(C)=CCCC(CCC)C1CC1CCOc1ccc(CC(=O)C(C)=CC)c(F)c1)C(C)C. The molecule has 4 nitrogen and oxygen atoms in total. The number of halogens is 1. The van der Waals surface area contributed by atoms with Crippen molar-refractivity contribution in [3.05, 3.63) is 77.5 Å². The molecule has 5 heteroatoms. The van der Waals surface area contributed by atoms with Gasteiger partial charge in [-0.15, -0.1) is 0 Å². The molecule has 0 heterocycles. The predicted molar refractivity (Wildman–Crippen MR) is 165 cm³/mol. The average Bonchev–Trinajstić information content (AvgIpc) is 3.70. The Morgan fingerprint density at radius 2 is 1.95 bits per heavy atom. The number of carbonyl (C=O) groups excluding carboxylic acids is 1. The maximum Gasteiger partial charge on any atom is 0.221 e. The second-order valence-electron chi connectivity index (χ2n) is 11.3. The zero-order chi connectivity index (χ0) is 29.7. The molecule has 40 heavy (non-hydrogen) atoms. The summed E-state index contributed by atoms with van der Waals surface area (Å²) in [7, 11) is 0. The van der Waals surface area contributed by atoms with Gasteiger partial charge in [-0.05, 0) is 94.3 Å². The number of aliphatic imine (C=N–C) groups is 1. The first-order valence-corrected chi connectivity index (χ1v) is 14.9. The molecule has 1 fully saturated rings. The quantitative estimate of drug-likeness (QED) is 0.0838. The Kier molecular flexibility index (Phi) is 14.1. The van der Waals surface area contributed by atoms with E-state index in [1.165, 1.54) is 25.3 Å². The van der Waals surface area contributed by atoms with Crippen LogP contribution in [0.3, 0.4) is 0 Å². The van der Waals surface area contributed by atoms with Gasteiger partial charge in [0.2, 0.25) is 5.90 Å². The maximum absolute atomic E-state index is 14.5. The minimum atomic E-state index is -0.386. The summed E-state index contributed by atoms with van der Waals surface area (Å²) in [6.07, 6.45) is 14.4. The van der Waals surface area contributed by atoms with Crippen LogP contribution < -0.4 is 4.74 Å². The monoisotopic (exact) mass is 551 g/mol. The van der Waals surface area contributed by atoms with Crippen LogP contribution in [-0.2, 0) is 16.0 Å². The number of allylic oxidation sites excluding steroid dienone is 5. The molecule has 0 aromatic heterocycles. The largest absolute Gasteiger partial charge is 0.493 e. The third-order valence-electron chi connectivity index (χ3n) is 7.80. The Hall–Kier alpha value is -2.95. The van der Waals surface area contributed by atoms with Gasteiger partial charge in [0.05, 0.1) is 12.9 Å². The van der Waals surface area contributed by atoms with E-state index in [2.05, 4.69) is 45.3 Å². The standard InChI is InChI=1S/C35H50FNO3/c1-9-13-28(15-12-14-26(7)35(40-19-10-2)37-27(8)24(4)5)32-21-29(32)18-20-39-31-17-16-30(33(36)23-31)22-34(38)25(6)11-3/h10-11,14,16-17,19,23-24,28-29,32H,8-9,12-13,15,18,20-22H2,1-7H3. The first kappa shape index (κ1) is 33.3. The van der Waals surface area contributed by atoms with Crippen molar-refractivity contribution in [3.8, 4) is 5.75 Å². The lowest BCUT2D eigenvalue weighted by atomic mass is 9.91.